The van der Waals surface area contributed by atoms with Gasteiger partial charge >= 0.3 is 39.5 Å². The van der Waals surface area contributed by atoms with Gasteiger partial charge in [0.05, 0.1) is 26.4 Å². The predicted octanol–water partition coefficient (Wildman–Crippen LogP) is 22.8. The Kier molecular flexibility index (Phi) is 65.9. The summed E-state index contributed by atoms with van der Waals surface area (Å²) in [5, 5.41) is 10.6. The number of carbonyl (C=O) groups is 4. The van der Waals surface area contributed by atoms with E-state index >= 15 is 0 Å². The Labute approximate surface area is 594 Å². The Hall–Kier alpha value is -1.94. The molecule has 0 aliphatic carbocycles. The molecule has 0 aromatic heterocycles. The minimum Gasteiger partial charge on any atom is -0.462 e. The normalized spacial score (nSPS) is 14.4. The third kappa shape index (κ3) is 70.9. The fourth-order valence-electron chi connectivity index (χ4n) is 11.9. The summed E-state index contributed by atoms with van der Waals surface area (Å²) < 4.78 is 68.6. The summed E-state index contributed by atoms with van der Waals surface area (Å²) in [5.74, 6) is 0.960. The molecule has 0 spiro atoms. The van der Waals surface area contributed by atoms with Crippen LogP contribution in [0, 0.1) is 23.7 Å². The molecule has 0 saturated carbocycles. The van der Waals surface area contributed by atoms with Gasteiger partial charge < -0.3 is 33.8 Å². The molecule has 0 amide bonds. The molecular weight excluding hydrogens is 1270 g/mol. The molecule has 0 heterocycles. The number of hydrogen-bond donors (Lipinski definition) is 3. The second-order valence-corrected chi connectivity index (χ2v) is 32.7. The highest BCUT2D eigenvalue weighted by Crippen LogP contribution is 2.45. The molecule has 17 nitrogen and oxygen atoms in total. The minimum absolute atomic E-state index is 0.106. The summed E-state index contributed by atoms with van der Waals surface area (Å²) in [5.41, 5.74) is 0. The van der Waals surface area contributed by atoms with E-state index in [0.29, 0.717) is 31.6 Å². The molecule has 0 fully saturated rings. The van der Waals surface area contributed by atoms with E-state index in [0.717, 1.165) is 114 Å². The second-order valence-electron chi connectivity index (χ2n) is 29.8. The quantitative estimate of drug-likeness (QED) is 0.0222. The van der Waals surface area contributed by atoms with Crippen molar-refractivity contribution < 1.29 is 80.2 Å². The van der Waals surface area contributed by atoms with Crippen LogP contribution in [0.2, 0.25) is 0 Å². The number of rotatable bonds is 75. The van der Waals surface area contributed by atoms with Crippen LogP contribution in [0.4, 0.5) is 0 Å². The van der Waals surface area contributed by atoms with Gasteiger partial charge in [0.2, 0.25) is 0 Å². The van der Waals surface area contributed by atoms with Crippen molar-refractivity contribution in [3.63, 3.8) is 0 Å². The van der Waals surface area contributed by atoms with E-state index in [9.17, 15) is 43.2 Å². The average Bonchev–Trinajstić information content (AvgIpc) is 1.33. The van der Waals surface area contributed by atoms with Crippen LogP contribution in [-0.4, -0.2) is 96.7 Å². The number of unbranched alkanes of at least 4 members (excludes halogenated alkanes) is 40. The van der Waals surface area contributed by atoms with Gasteiger partial charge in [-0.25, -0.2) is 9.13 Å². The number of esters is 4. The Morgan fingerprint density at radius 1 is 0.289 bits per heavy atom. The SMILES string of the molecule is CCC(C)CCCCCCCCCCCCC(=O)OC[C@H](COP(=O)(O)OC[C@@H](O)COP(=O)(O)OC[C@@H](COC(=O)CCCCCCCCC(C)C)OC(=O)CCCCCCCCCCCCCCCCC(C)C)OC(=O)CCCCCCCCCCCCCCCCC(C)C. The molecule has 19 heteroatoms. The van der Waals surface area contributed by atoms with Gasteiger partial charge in [0.25, 0.3) is 0 Å². The molecule has 0 aromatic rings. The molecule has 576 valence electrons. The molecule has 0 radical (unpaired) electrons. The van der Waals surface area contributed by atoms with E-state index in [-0.39, 0.29) is 25.7 Å². The topological polar surface area (TPSA) is 237 Å². The van der Waals surface area contributed by atoms with Crippen LogP contribution >= 0.6 is 15.6 Å². The van der Waals surface area contributed by atoms with Crippen molar-refractivity contribution in [3.05, 3.63) is 0 Å². The molecule has 3 unspecified atom stereocenters. The smallest absolute Gasteiger partial charge is 0.462 e. The largest absolute Gasteiger partial charge is 0.472 e. The van der Waals surface area contributed by atoms with Gasteiger partial charge in [-0.2, -0.15) is 0 Å². The molecule has 6 atom stereocenters. The van der Waals surface area contributed by atoms with Crippen molar-refractivity contribution in [3.8, 4) is 0 Å². The van der Waals surface area contributed by atoms with Crippen molar-refractivity contribution in [2.45, 2.75) is 414 Å². The number of carbonyl (C=O) groups excluding carboxylic acids is 4. The van der Waals surface area contributed by atoms with E-state index in [1.54, 1.807) is 0 Å². The van der Waals surface area contributed by atoms with Crippen LogP contribution in [0.1, 0.15) is 396 Å². The summed E-state index contributed by atoms with van der Waals surface area (Å²) in [4.78, 5) is 72.9. The monoisotopic (exact) mass is 1420 g/mol. The third-order valence-corrected chi connectivity index (χ3v) is 20.3. The first kappa shape index (κ1) is 95.1. The Bertz CT molecular complexity index is 1900. The lowest BCUT2D eigenvalue weighted by molar-refractivity contribution is -0.161. The van der Waals surface area contributed by atoms with Crippen molar-refractivity contribution in [2.75, 3.05) is 39.6 Å². The molecule has 0 aliphatic heterocycles. The molecule has 0 aliphatic rings. The van der Waals surface area contributed by atoms with Crippen molar-refractivity contribution in [1.82, 2.24) is 0 Å². The number of ether oxygens (including phenoxy) is 4. The van der Waals surface area contributed by atoms with Crippen LogP contribution in [-0.2, 0) is 65.4 Å². The highest BCUT2D eigenvalue weighted by atomic mass is 31.2. The highest BCUT2D eigenvalue weighted by Gasteiger charge is 2.30. The number of aliphatic hydroxyl groups is 1. The fourth-order valence-corrected chi connectivity index (χ4v) is 13.5. The van der Waals surface area contributed by atoms with Crippen molar-refractivity contribution in [2.24, 2.45) is 23.7 Å². The Morgan fingerprint density at radius 2 is 0.495 bits per heavy atom. The summed E-state index contributed by atoms with van der Waals surface area (Å²) in [6.45, 7) is 14.2. The van der Waals surface area contributed by atoms with Crippen molar-refractivity contribution in [1.29, 1.82) is 0 Å². The standard InChI is InChI=1S/C78H152O17P2/c1-9-71(8)57-49-41-32-26-22-23-27-33-42-50-58-75(80)88-64-73(94-77(82)60-52-44-34-28-20-16-12-10-14-18-24-30-38-46-54-68(2)3)66-92-96(84,85)90-62-72(79)63-91-97(86,87)93-67-74(65-89-76(81)59-51-43-37-36-40-48-56-70(6)7)95-78(83)61-53-45-35-29-21-17-13-11-15-19-25-31-39-47-55-69(4)5/h68-74,79H,9-67H2,1-8H3,(H,84,85)(H,86,87)/t71?,72-,73-,74-/m1/s1. The van der Waals surface area contributed by atoms with Gasteiger partial charge in [-0.15, -0.1) is 0 Å². The van der Waals surface area contributed by atoms with Gasteiger partial charge in [0, 0.05) is 25.7 Å². The van der Waals surface area contributed by atoms with E-state index in [1.807, 2.05) is 0 Å². The fraction of sp³-hybridized carbons (Fsp3) is 0.949. The van der Waals surface area contributed by atoms with Crippen LogP contribution in [0.25, 0.3) is 0 Å². The van der Waals surface area contributed by atoms with Crippen LogP contribution in [0.5, 0.6) is 0 Å². The number of hydrogen-bond acceptors (Lipinski definition) is 15. The molecule has 0 saturated heterocycles. The maximum absolute atomic E-state index is 13.1. The van der Waals surface area contributed by atoms with E-state index in [2.05, 4.69) is 55.4 Å². The van der Waals surface area contributed by atoms with E-state index in [4.69, 9.17) is 37.0 Å². The second kappa shape index (κ2) is 67.2. The van der Waals surface area contributed by atoms with Crippen LogP contribution in [0.15, 0.2) is 0 Å². The van der Waals surface area contributed by atoms with Crippen LogP contribution < -0.4 is 0 Å². The molecule has 0 aromatic carbocycles. The first-order chi connectivity index (χ1) is 46.6. The van der Waals surface area contributed by atoms with E-state index in [1.165, 1.54) is 193 Å². The molecule has 0 bridgehead atoms. The van der Waals surface area contributed by atoms with Gasteiger partial charge in [0.1, 0.15) is 19.3 Å². The Morgan fingerprint density at radius 3 is 0.732 bits per heavy atom. The molecule has 0 rings (SSSR count). The van der Waals surface area contributed by atoms with Gasteiger partial charge in [-0.3, -0.25) is 37.3 Å². The maximum atomic E-state index is 13.1. The summed E-state index contributed by atoms with van der Waals surface area (Å²) >= 11 is 0. The number of phosphoric ester groups is 2. The molecule has 97 heavy (non-hydrogen) atoms. The zero-order valence-electron chi connectivity index (χ0n) is 63.7. The van der Waals surface area contributed by atoms with E-state index < -0.39 is 97.5 Å². The minimum atomic E-state index is -4.96. The third-order valence-electron chi connectivity index (χ3n) is 18.4. The first-order valence-corrected chi connectivity index (χ1v) is 43.2. The lowest BCUT2D eigenvalue weighted by atomic mass is 9.99. The maximum Gasteiger partial charge on any atom is 0.472 e. The number of aliphatic hydroxyl groups excluding tert-OH is 1. The lowest BCUT2D eigenvalue weighted by Crippen LogP contribution is -2.30. The summed E-state index contributed by atoms with van der Waals surface area (Å²) in [6.07, 6.45) is 52.8. The van der Waals surface area contributed by atoms with Gasteiger partial charge in [0.15, 0.2) is 12.2 Å². The van der Waals surface area contributed by atoms with Crippen LogP contribution in [0.3, 0.4) is 0 Å². The zero-order chi connectivity index (χ0) is 71.7. The van der Waals surface area contributed by atoms with Gasteiger partial charge in [-0.1, -0.05) is 344 Å². The Balaban J connectivity index is 5.24. The summed E-state index contributed by atoms with van der Waals surface area (Å²) in [6, 6.07) is 0. The summed E-state index contributed by atoms with van der Waals surface area (Å²) in [7, 11) is -9.92. The highest BCUT2D eigenvalue weighted by molar-refractivity contribution is 7.47. The molecule has 3 N–H and O–H groups in total. The molecular formula is C78H152O17P2. The first-order valence-electron chi connectivity index (χ1n) is 40.2. The average molecular weight is 1420 g/mol. The van der Waals surface area contributed by atoms with Gasteiger partial charge in [-0.05, 0) is 49.4 Å². The lowest BCUT2D eigenvalue weighted by Gasteiger charge is -2.21. The van der Waals surface area contributed by atoms with Crippen molar-refractivity contribution >= 4 is 39.5 Å². The number of phosphoric acid groups is 2. The predicted molar refractivity (Wildman–Crippen MR) is 395 cm³/mol. The zero-order valence-corrected chi connectivity index (χ0v) is 65.5.